The highest BCUT2D eigenvalue weighted by atomic mass is 16.3. The lowest BCUT2D eigenvalue weighted by molar-refractivity contribution is -0.125. The van der Waals surface area contributed by atoms with E-state index in [1.165, 1.54) is 0 Å². The number of aryl methyl sites for hydroxylation is 1. The second kappa shape index (κ2) is 7.38. The van der Waals surface area contributed by atoms with Crippen LogP contribution in [0.2, 0.25) is 0 Å². The molecule has 0 radical (unpaired) electrons. The zero-order valence-corrected chi connectivity index (χ0v) is 14.8. The summed E-state index contributed by atoms with van der Waals surface area (Å²) in [6, 6.07) is 7.94. The van der Waals surface area contributed by atoms with Crippen molar-refractivity contribution in [2.75, 3.05) is 13.1 Å². The van der Waals surface area contributed by atoms with Crippen molar-refractivity contribution in [3.63, 3.8) is 0 Å². The van der Waals surface area contributed by atoms with E-state index in [2.05, 4.69) is 15.6 Å². The number of carbonyl (C=O) groups is 1. The molecule has 0 unspecified atom stereocenters. The van der Waals surface area contributed by atoms with Gasteiger partial charge in [0, 0.05) is 24.0 Å². The van der Waals surface area contributed by atoms with Gasteiger partial charge in [-0.25, -0.2) is 4.99 Å². The maximum atomic E-state index is 11.4. The number of nitrogens with one attached hydrogen (secondary N) is 2. The SMILES string of the molecule is CCNC(=NCc1oc2ccccc2c1C)NCC(C)(C)C(N)=O. The third-order valence-electron chi connectivity index (χ3n) is 4.03. The normalized spacial score (nSPS) is 12.4. The molecule has 4 N–H and O–H groups in total. The maximum absolute atomic E-state index is 11.4. The van der Waals surface area contributed by atoms with Crippen molar-refractivity contribution in [3.8, 4) is 0 Å². The van der Waals surface area contributed by atoms with Gasteiger partial charge in [0.2, 0.25) is 5.91 Å². The topological polar surface area (TPSA) is 92.7 Å². The second-order valence-electron chi connectivity index (χ2n) is 6.44. The van der Waals surface area contributed by atoms with E-state index in [1.54, 1.807) is 13.8 Å². The van der Waals surface area contributed by atoms with Crippen LogP contribution in [0.25, 0.3) is 11.0 Å². The molecule has 24 heavy (non-hydrogen) atoms. The molecule has 6 nitrogen and oxygen atoms in total. The second-order valence-corrected chi connectivity index (χ2v) is 6.44. The Morgan fingerprint density at radius 2 is 2.00 bits per heavy atom. The summed E-state index contributed by atoms with van der Waals surface area (Å²) in [5.41, 5.74) is 6.73. The Labute approximate surface area is 142 Å². The zero-order valence-electron chi connectivity index (χ0n) is 14.8. The Bertz CT molecular complexity index is 747. The Morgan fingerprint density at radius 3 is 2.62 bits per heavy atom. The van der Waals surface area contributed by atoms with Gasteiger partial charge in [-0.2, -0.15) is 0 Å². The summed E-state index contributed by atoms with van der Waals surface area (Å²) in [7, 11) is 0. The number of fused-ring (bicyclic) bond motifs is 1. The van der Waals surface area contributed by atoms with E-state index in [9.17, 15) is 4.79 Å². The van der Waals surface area contributed by atoms with Gasteiger partial charge in [0.15, 0.2) is 5.96 Å². The summed E-state index contributed by atoms with van der Waals surface area (Å²) in [6.07, 6.45) is 0. The van der Waals surface area contributed by atoms with Crippen LogP contribution in [0.15, 0.2) is 33.7 Å². The summed E-state index contributed by atoms with van der Waals surface area (Å²) in [6.45, 7) is 9.18. The van der Waals surface area contributed by atoms with E-state index < -0.39 is 5.41 Å². The highest BCUT2D eigenvalue weighted by Crippen LogP contribution is 2.25. The van der Waals surface area contributed by atoms with E-state index in [1.807, 2.05) is 38.1 Å². The number of hydrogen-bond acceptors (Lipinski definition) is 3. The fourth-order valence-electron chi connectivity index (χ4n) is 2.26. The molecule has 2 rings (SSSR count). The lowest BCUT2D eigenvalue weighted by Gasteiger charge is -2.22. The number of furan rings is 1. The van der Waals surface area contributed by atoms with Gasteiger partial charge >= 0.3 is 0 Å². The molecule has 6 heteroatoms. The van der Waals surface area contributed by atoms with E-state index in [4.69, 9.17) is 10.2 Å². The van der Waals surface area contributed by atoms with Crippen molar-refractivity contribution < 1.29 is 9.21 Å². The average molecular weight is 330 g/mol. The molecule has 1 heterocycles. The number of benzene rings is 1. The van der Waals surface area contributed by atoms with E-state index in [0.717, 1.165) is 28.8 Å². The Kier molecular flexibility index (Phi) is 5.49. The zero-order chi connectivity index (χ0) is 17.7. The van der Waals surface area contributed by atoms with Crippen LogP contribution in [0, 0.1) is 12.3 Å². The molecule has 0 aliphatic heterocycles. The number of amides is 1. The standard InChI is InChI=1S/C18H26N4O2/c1-5-20-17(22-11-18(3,4)16(19)23)21-10-15-12(2)13-8-6-7-9-14(13)24-15/h6-9H,5,10-11H2,1-4H3,(H2,19,23)(H2,20,21,22). The summed E-state index contributed by atoms with van der Waals surface area (Å²) >= 11 is 0. The number of aliphatic imine (C=N–C) groups is 1. The minimum Gasteiger partial charge on any atom is -0.459 e. The van der Waals surface area contributed by atoms with E-state index >= 15 is 0 Å². The number of primary amides is 1. The first kappa shape index (κ1) is 17.8. The number of nitrogens with two attached hydrogens (primary N) is 1. The first-order valence-electron chi connectivity index (χ1n) is 8.14. The third kappa shape index (κ3) is 4.07. The molecule has 0 atom stereocenters. The molecule has 1 amide bonds. The summed E-state index contributed by atoms with van der Waals surface area (Å²) in [5.74, 6) is 1.12. The Balaban J connectivity index is 2.12. The molecule has 0 bridgehead atoms. The minimum absolute atomic E-state index is 0.348. The average Bonchev–Trinajstić information content (AvgIpc) is 2.87. The number of carbonyl (C=O) groups excluding carboxylic acids is 1. The van der Waals surface area contributed by atoms with Crippen LogP contribution >= 0.6 is 0 Å². The molecule has 0 aliphatic carbocycles. The van der Waals surface area contributed by atoms with Crippen molar-refractivity contribution in [1.82, 2.24) is 10.6 Å². The highest BCUT2D eigenvalue weighted by Gasteiger charge is 2.25. The van der Waals surface area contributed by atoms with Crippen LogP contribution in [-0.2, 0) is 11.3 Å². The van der Waals surface area contributed by atoms with Gasteiger partial charge in [0.25, 0.3) is 0 Å². The fourth-order valence-corrected chi connectivity index (χ4v) is 2.26. The number of para-hydroxylation sites is 1. The van der Waals surface area contributed by atoms with Crippen LogP contribution in [0.5, 0.6) is 0 Å². The number of nitrogens with zero attached hydrogens (tertiary/aromatic N) is 1. The van der Waals surface area contributed by atoms with Crippen LogP contribution in [0.4, 0.5) is 0 Å². The lowest BCUT2D eigenvalue weighted by Crippen LogP contribution is -2.46. The van der Waals surface area contributed by atoms with Crippen LogP contribution in [0.1, 0.15) is 32.1 Å². The van der Waals surface area contributed by atoms with Crippen molar-refractivity contribution in [3.05, 3.63) is 35.6 Å². The van der Waals surface area contributed by atoms with Crippen LogP contribution in [-0.4, -0.2) is 25.0 Å². The Morgan fingerprint density at radius 1 is 1.29 bits per heavy atom. The molecule has 0 saturated carbocycles. The van der Waals surface area contributed by atoms with E-state index in [0.29, 0.717) is 19.0 Å². The fraction of sp³-hybridized carbons (Fsp3) is 0.444. The third-order valence-corrected chi connectivity index (χ3v) is 4.03. The molecule has 0 saturated heterocycles. The molecule has 1 aromatic heterocycles. The quantitative estimate of drug-likeness (QED) is 0.560. The predicted molar refractivity (Wildman–Crippen MR) is 96.7 cm³/mol. The smallest absolute Gasteiger partial charge is 0.224 e. The summed E-state index contributed by atoms with van der Waals surface area (Å²) < 4.78 is 5.87. The number of guanidine groups is 1. The van der Waals surface area contributed by atoms with Crippen molar-refractivity contribution in [1.29, 1.82) is 0 Å². The monoisotopic (exact) mass is 330 g/mol. The molecule has 0 aliphatic rings. The first-order valence-corrected chi connectivity index (χ1v) is 8.14. The largest absolute Gasteiger partial charge is 0.459 e. The van der Waals surface area contributed by atoms with Gasteiger partial charge in [0.1, 0.15) is 17.9 Å². The minimum atomic E-state index is -0.647. The lowest BCUT2D eigenvalue weighted by atomic mass is 9.93. The van der Waals surface area contributed by atoms with Crippen molar-refractivity contribution in [2.45, 2.75) is 34.2 Å². The predicted octanol–water partition coefficient (Wildman–Crippen LogP) is 2.31. The van der Waals surface area contributed by atoms with Gasteiger partial charge in [-0.3, -0.25) is 4.79 Å². The molecule has 2 aromatic rings. The van der Waals surface area contributed by atoms with Gasteiger partial charge in [-0.15, -0.1) is 0 Å². The first-order chi connectivity index (χ1) is 11.3. The van der Waals surface area contributed by atoms with Gasteiger partial charge in [-0.05, 0) is 33.8 Å². The van der Waals surface area contributed by atoms with E-state index in [-0.39, 0.29) is 5.91 Å². The summed E-state index contributed by atoms with van der Waals surface area (Å²) in [5, 5.41) is 7.43. The molecule has 130 valence electrons. The highest BCUT2D eigenvalue weighted by molar-refractivity contribution is 5.84. The van der Waals surface area contributed by atoms with Gasteiger partial charge in [0.05, 0.1) is 5.41 Å². The maximum Gasteiger partial charge on any atom is 0.224 e. The molecular formula is C18H26N4O2. The Hall–Kier alpha value is -2.50. The number of rotatable bonds is 6. The van der Waals surface area contributed by atoms with Crippen LogP contribution < -0.4 is 16.4 Å². The summed E-state index contributed by atoms with van der Waals surface area (Å²) in [4.78, 5) is 16.0. The molecule has 0 fully saturated rings. The number of hydrogen-bond donors (Lipinski definition) is 3. The molecule has 0 spiro atoms. The molecule has 1 aromatic carbocycles. The van der Waals surface area contributed by atoms with Crippen molar-refractivity contribution >= 4 is 22.8 Å². The molecular weight excluding hydrogens is 304 g/mol. The van der Waals surface area contributed by atoms with Gasteiger partial charge in [-0.1, -0.05) is 18.2 Å². The van der Waals surface area contributed by atoms with Crippen molar-refractivity contribution in [2.24, 2.45) is 16.1 Å². The van der Waals surface area contributed by atoms with Gasteiger partial charge < -0.3 is 20.8 Å². The van der Waals surface area contributed by atoms with Crippen LogP contribution in [0.3, 0.4) is 0 Å².